The van der Waals surface area contributed by atoms with Gasteiger partial charge in [0.2, 0.25) is 0 Å². The molecule has 4 nitrogen and oxygen atoms in total. The number of hydrogen-bond donors (Lipinski definition) is 2. The van der Waals surface area contributed by atoms with Gasteiger partial charge in [-0.15, -0.1) is 0 Å². The van der Waals surface area contributed by atoms with Gasteiger partial charge in [0.05, 0.1) is 17.6 Å². The SMILES string of the molecule is CC(O)CCCNC1CCS(=O)(=O)C1. The minimum atomic E-state index is -2.76. The van der Waals surface area contributed by atoms with Crippen molar-refractivity contribution in [2.24, 2.45) is 0 Å². The maximum absolute atomic E-state index is 11.1. The van der Waals surface area contributed by atoms with E-state index in [4.69, 9.17) is 5.11 Å². The smallest absolute Gasteiger partial charge is 0.151 e. The predicted octanol–water partition coefficient (Wildman–Crippen LogP) is -0.0759. The molecular weight excluding hydrogens is 202 g/mol. The molecule has 0 amide bonds. The molecule has 1 heterocycles. The van der Waals surface area contributed by atoms with Crippen molar-refractivity contribution < 1.29 is 13.5 Å². The van der Waals surface area contributed by atoms with Crippen molar-refractivity contribution in [1.29, 1.82) is 0 Å². The average molecular weight is 221 g/mol. The van der Waals surface area contributed by atoms with Gasteiger partial charge in [0.1, 0.15) is 0 Å². The molecule has 2 N–H and O–H groups in total. The standard InChI is InChI=1S/C9H19NO3S/c1-8(11)3-2-5-10-9-4-6-14(12,13)7-9/h8-11H,2-7H2,1H3. The van der Waals surface area contributed by atoms with E-state index in [1.54, 1.807) is 6.92 Å². The van der Waals surface area contributed by atoms with Crippen molar-refractivity contribution in [2.75, 3.05) is 18.1 Å². The van der Waals surface area contributed by atoms with Gasteiger partial charge < -0.3 is 10.4 Å². The molecule has 0 radical (unpaired) electrons. The largest absolute Gasteiger partial charge is 0.393 e. The molecule has 0 bridgehead atoms. The number of rotatable bonds is 5. The van der Waals surface area contributed by atoms with Crippen LogP contribution >= 0.6 is 0 Å². The second-order valence-electron chi connectivity index (χ2n) is 4.05. The van der Waals surface area contributed by atoms with Crippen LogP contribution in [0, 0.1) is 0 Å². The molecule has 0 aliphatic carbocycles. The molecule has 2 atom stereocenters. The van der Waals surface area contributed by atoms with Crippen molar-refractivity contribution in [2.45, 2.75) is 38.3 Å². The first kappa shape index (κ1) is 11.9. The molecule has 2 unspecified atom stereocenters. The van der Waals surface area contributed by atoms with E-state index in [9.17, 15) is 8.42 Å². The van der Waals surface area contributed by atoms with E-state index in [1.807, 2.05) is 0 Å². The highest BCUT2D eigenvalue weighted by atomic mass is 32.2. The first-order valence-corrected chi connectivity index (χ1v) is 6.93. The Kier molecular flexibility index (Phi) is 4.34. The topological polar surface area (TPSA) is 66.4 Å². The predicted molar refractivity (Wildman–Crippen MR) is 56.0 cm³/mol. The molecule has 1 aliphatic heterocycles. The molecular formula is C9H19NO3S. The van der Waals surface area contributed by atoms with Gasteiger partial charge >= 0.3 is 0 Å². The monoisotopic (exact) mass is 221 g/mol. The zero-order valence-corrected chi connectivity index (χ0v) is 9.39. The van der Waals surface area contributed by atoms with Crippen LogP contribution in [0.25, 0.3) is 0 Å². The molecule has 1 rings (SSSR count). The summed E-state index contributed by atoms with van der Waals surface area (Å²) < 4.78 is 22.2. The summed E-state index contributed by atoms with van der Waals surface area (Å²) in [5, 5.41) is 12.2. The van der Waals surface area contributed by atoms with Crippen LogP contribution in [0.1, 0.15) is 26.2 Å². The highest BCUT2D eigenvalue weighted by Crippen LogP contribution is 2.11. The van der Waals surface area contributed by atoms with Gasteiger partial charge in [-0.1, -0.05) is 0 Å². The fraction of sp³-hybridized carbons (Fsp3) is 1.00. The summed E-state index contributed by atoms with van der Waals surface area (Å²) in [7, 11) is -2.76. The number of hydrogen-bond acceptors (Lipinski definition) is 4. The Balaban J connectivity index is 2.09. The third-order valence-corrected chi connectivity index (χ3v) is 4.23. The van der Waals surface area contributed by atoms with Crippen LogP contribution in [0.4, 0.5) is 0 Å². The van der Waals surface area contributed by atoms with Crippen molar-refractivity contribution in [1.82, 2.24) is 5.32 Å². The Morgan fingerprint density at radius 2 is 2.29 bits per heavy atom. The third kappa shape index (κ3) is 4.39. The van der Waals surface area contributed by atoms with Crippen molar-refractivity contribution >= 4 is 9.84 Å². The summed E-state index contributed by atoms with van der Waals surface area (Å²) >= 11 is 0. The van der Waals surface area contributed by atoms with Gasteiger partial charge in [-0.2, -0.15) is 0 Å². The van der Waals surface area contributed by atoms with Gasteiger partial charge in [0.15, 0.2) is 9.84 Å². The summed E-state index contributed by atoms with van der Waals surface area (Å²) in [6.07, 6.45) is 2.14. The Hall–Kier alpha value is -0.130. The van der Waals surface area contributed by atoms with Crippen molar-refractivity contribution in [3.63, 3.8) is 0 Å². The Labute approximate surface area is 85.6 Å². The van der Waals surface area contributed by atoms with E-state index in [-0.39, 0.29) is 17.9 Å². The van der Waals surface area contributed by atoms with Gasteiger partial charge in [0.25, 0.3) is 0 Å². The molecule has 1 saturated heterocycles. The van der Waals surface area contributed by atoms with Crippen LogP contribution in [0.5, 0.6) is 0 Å². The van der Waals surface area contributed by atoms with Crippen LogP contribution < -0.4 is 5.32 Å². The van der Waals surface area contributed by atoms with E-state index in [1.165, 1.54) is 0 Å². The van der Waals surface area contributed by atoms with Crippen LogP contribution in [-0.2, 0) is 9.84 Å². The molecule has 0 aromatic heterocycles. The van der Waals surface area contributed by atoms with Crippen LogP contribution in [-0.4, -0.2) is 43.7 Å². The lowest BCUT2D eigenvalue weighted by molar-refractivity contribution is 0.181. The highest BCUT2D eigenvalue weighted by Gasteiger charge is 2.26. The van der Waals surface area contributed by atoms with Gasteiger partial charge in [0, 0.05) is 6.04 Å². The maximum atomic E-state index is 11.1. The van der Waals surface area contributed by atoms with Crippen LogP contribution in [0.15, 0.2) is 0 Å². The molecule has 0 aromatic rings. The fourth-order valence-electron chi connectivity index (χ4n) is 1.66. The summed E-state index contributed by atoms with van der Waals surface area (Å²) in [5.41, 5.74) is 0. The lowest BCUT2D eigenvalue weighted by Crippen LogP contribution is -2.31. The maximum Gasteiger partial charge on any atom is 0.151 e. The average Bonchev–Trinajstić information content (AvgIpc) is 2.39. The Morgan fingerprint density at radius 1 is 1.57 bits per heavy atom. The Bertz CT molecular complexity index is 261. The molecule has 5 heteroatoms. The summed E-state index contributed by atoms with van der Waals surface area (Å²) in [6.45, 7) is 2.56. The fourth-order valence-corrected chi connectivity index (χ4v) is 3.37. The molecule has 84 valence electrons. The lowest BCUT2D eigenvalue weighted by Gasteiger charge is -2.10. The minimum Gasteiger partial charge on any atom is -0.393 e. The number of nitrogens with one attached hydrogen (secondary N) is 1. The number of sulfone groups is 1. The summed E-state index contributed by atoms with van der Waals surface area (Å²) in [5.74, 6) is 0.600. The quantitative estimate of drug-likeness (QED) is 0.638. The van der Waals surface area contributed by atoms with Gasteiger partial charge in [-0.3, -0.25) is 0 Å². The zero-order valence-electron chi connectivity index (χ0n) is 8.57. The second kappa shape index (κ2) is 5.09. The first-order chi connectivity index (χ1) is 6.49. The van der Waals surface area contributed by atoms with E-state index in [0.717, 1.165) is 25.8 Å². The summed E-state index contributed by atoms with van der Waals surface area (Å²) in [4.78, 5) is 0. The summed E-state index contributed by atoms with van der Waals surface area (Å²) in [6, 6.07) is 0.133. The normalized spacial score (nSPS) is 27.7. The van der Waals surface area contributed by atoms with Gasteiger partial charge in [-0.25, -0.2) is 8.42 Å². The molecule has 0 saturated carbocycles. The lowest BCUT2D eigenvalue weighted by atomic mass is 10.2. The minimum absolute atomic E-state index is 0.133. The molecule has 0 aromatic carbocycles. The van der Waals surface area contributed by atoms with Crippen molar-refractivity contribution in [3.05, 3.63) is 0 Å². The van der Waals surface area contributed by atoms with E-state index in [0.29, 0.717) is 5.75 Å². The molecule has 0 spiro atoms. The van der Waals surface area contributed by atoms with E-state index >= 15 is 0 Å². The van der Waals surface area contributed by atoms with Gasteiger partial charge in [-0.05, 0) is 32.7 Å². The zero-order chi connectivity index (χ0) is 10.6. The number of aliphatic hydroxyl groups is 1. The van der Waals surface area contributed by atoms with Crippen LogP contribution in [0.3, 0.4) is 0 Å². The van der Waals surface area contributed by atoms with Crippen LogP contribution in [0.2, 0.25) is 0 Å². The van der Waals surface area contributed by atoms with E-state index in [2.05, 4.69) is 5.32 Å². The first-order valence-electron chi connectivity index (χ1n) is 5.11. The molecule has 14 heavy (non-hydrogen) atoms. The third-order valence-electron chi connectivity index (χ3n) is 2.46. The highest BCUT2D eigenvalue weighted by molar-refractivity contribution is 7.91. The molecule has 1 aliphatic rings. The number of aliphatic hydroxyl groups excluding tert-OH is 1. The second-order valence-corrected chi connectivity index (χ2v) is 6.27. The van der Waals surface area contributed by atoms with E-state index < -0.39 is 9.84 Å². The van der Waals surface area contributed by atoms with Crippen molar-refractivity contribution in [3.8, 4) is 0 Å². The Morgan fingerprint density at radius 3 is 2.79 bits per heavy atom. The molecule has 1 fully saturated rings.